The molecule has 0 fully saturated rings. The van der Waals surface area contributed by atoms with Crippen molar-refractivity contribution in [2.24, 2.45) is 5.73 Å². The maximum atomic E-state index is 10.5. The topological polar surface area (TPSA) is 126 Å². The first-order valence-electron chi connectivity index (χ1n) is 5.91. The fourth-order valence-corrected chi connectivity index (χ4v) is 2.48. The lowest BCUT2D eigenvalue weighted by atomic mass is 10.2. The molecule has 0 unspecified atom stereocenters. The maximum Gasteiger partial charge on any atom is 0.296 e. The zero-order chi connectivity index (χ0) is 16.8. The molecule has 0 bridgehead atoms. The summed E-state index contributed by atoms with van der Waals surface area (Å²) < 4.78 is 32.8. The van der Waals surface area contributed by atoms with E-state index in [4.69, 9.17) is 5.73 Å². The van der Waals surface area contributed by atoms with Crippen molar-refractivity contribution < 1.29 is 40.5 Å². The van der Waals surface area contributed by atoms with Crippen molar-refractivity contribution in [3.05, 3.63) is 67.8 Å². The summed E-state index contributed by atoms with van der Waals surface area (Å²) in [6, 6.07) is 12.7. The molecule has 22 heavy (non-hydrogen) atoms. The molecule has 0 saturated carbocycles. The lowest BCUT2D eigenvalue weighted by Gasteiger charge is -2.06. The Morgan fingerprint density at radius 2 is 1.64 bits per heavy atom. The SMILES string of the molecule is NCc1ccc([IH+])cc1.O=[N+]([O-])c1ccccc1S(=O)(=O)[O-]. The Bertz CT molecular complexity index is 747. The number of nitro benzene ring substituents is 1. The number of nitrogens with zero attached hydrogens (tertiary/aromatic N) is 1. The summed E-state index contributed by atoms with van der Waals surface area (Å²) in [7, 11) is -4.77. The number of halogens is 1. The van der Waals surface area contributed by atoms with Gasteiger partial charge in [0.1, 0.15) is 15.0 Å². The van der Waals surface area contributed by atoms with Gasteiger partial charge in [0.2, 0.25) is 0 Å². The Labute approximate surface area is 141 Å². The standard InChI is InChI=1S/C7H9IN.C6H5NO5S/c8-7-3-1-6(5-9)2-4-7;8-7(9)5-3-1-2-4-6(5)13(10,11)12/h1-4,8H,5,9H2;1-4H,(H,10,11,12)/q+1;/p-1. The van der Waals surface area contributed by atoms with Gasteiger partial charge in [-0.2, -0.15) is 0 Å². The van der Waals surface area contributed by atoms with Gasteiger partial charge in [-0.15, -0.1) is 0 Å². The largest absolute Gasteiger partial charge is 0.744 e. The molecule has 7 nitrogen and oxygen atoms in total. The summed E-state index contributed by atoms with van der Waals surface area (Å²) in [5, 5.41) is 10.3. The van der Waals surface area contributed by atoms with Crippen LogP contribution in [0, 0.1) is 13.7 Å². The summed E-state index contributed by atoms with van der Waals surface area (Å²) in [6.07, 6.45) is 0. The maximum absolute atomic E-state index is 10.5. The van der Waals surface area contributed by atoms with E-state index in [1.54, 1.807) is 0 Å². The third-order valence-corrected chi connectivity index (χ3v) is 4.15. The second-order valence-corrected chi connectivity index (χ2v) is 6.72. The Hall–Kier alpha value is -1.56. The van der Waals surface area contributed by atoms with Crippen LogP contribution in [0.3, 0.4) is 0 Å². The van der Waals surface area contributed by atoms with Crippen LogP contribution in [-0.4, -0.2) is 17.9 Å². The molecule has 0 aliphatic carbocycles. The van der Waals surface area contributed by atoms with Gasteiger partial charge in [-0.3, -0.25) is 10.1 Å². The zero-order valence-electron chi connectivity index (χ0n) is 11.2. The van der Waals surface area contributed by atoms with Crippen LogP contribution in [0.1, 0.15) is 5.56 Å². The molecular formula is C13H13IN2O5S. The van der Waals surface area contributed by atoms with E-state index in [2.05, 4.69) is 24.3 Å². The van der Waals surface area contributed by atoms with Gasteiger partial charge >= 0.3 is 0 Å². The highest BCUT2D eigenvalue weighted by molar-refractivity contribution is 7.85. The molecular weight excluding hydrogens is 423 g/mol. The average Bonchev–Trinajstić information content (AvgIpc) is 2.48. The van der Waals surface area contributed by atoms with E-state index in [9.17, 15) is 23.1 Å². The van der Waals surface area contributed by atoms with Gasteiger partial charge in [-0.25, -0.2) is 8.42 Å². The van der Waals surface area contributed by atoms with Crippen LogP contribution in [0.2, 0.25) is 0 Å². The van der Waals surface area contributed by atoms with E-state index in [0.29, 0.717) is 6.54 Å². The van der Waals surface area contributed by atoms with Crippen molar-refractivity contribution in [2.75, 3.05) is 0 Å². The van der Waals surface area contributed by atoms with Crippen molar-refractivity contribution in [3.8, 4) is 0 Å². The molecule has 2 aromatic rings. The monoisotopic (exact) mass is 436 g/mol. The van der Waals surface area contributed by atoms with Crippen LogP contribution in [0.5, 0.6) is 0 Å². The number of benzene rings is 2. The summed E-state index contributed by atoms with van der Waals surface area (Å²) in [4.78, 5) is 8.55. The summed E-state index contributed by atoms with van der Waals surface area (Å²) in [5.74, 6) is 0. The van der Waals surface area contributed by atoms with Crippen LogP contribution in [-0.2, 0) is 16.7 Å². The van der Waals surface area contributed by atoms with Crippen molar-refractivity contribution in [1.29, 1.82) is 0 Å². The first-order chi connectivity index (χ1) is 10.3. The fourth-order valence-electron chi connectivity index (χ4n) is 1.44. The van der Waals surface area contributed by atoms with Crippen molar-refractivity contribution in [2.45, 2.75) is 11.4 Å². The Kier molecular flexibility index (Phi) is 6.87. The van der Waals surface area contributed by atoms with E-state index in [1.165, 1.54) is 21.3 Å². The summed E-state index contributed by atoms with van der Waals surface area (Å²) in [6.45, 7) is 0.640. The molecule has 2 rings (SSSR count). The smallest absolute Gasteiger partial charge is 0.296 e. The Balaban J connectivity index is 0.000000235. The minimum Gasteiger partial charge on any atom is -0.744 e. The minimum absolute atomic E-state index is 0.640. The molecule has 0 aliphatic heterocycles. The minimum atomic E-state index is -4.77. The van der Waals surface area contributed by atoms with Gasteiger partial charge in [0.05, 0.1) is 4.92 Å². The van der Waals surface area contributed by atoms with Gasteiger partial charge in [0.25, 0.3) is 28.3 Å². The highest BCUT2D eigenvalue weighted by Gasteiger charge is 2.16. The van der Waals surface area contributed by atoms with Gasteiger partial charge < -0.3 is 10.3 Å². The van der Waals surface area contributed by atoms with Crippen molar-refractivity contribution in [3.63, 3.8) is 0 Å². The number of nitro groups is 1. The summed E-state index contributed by atoms with van der Waals surface area (Å²) >= 11 is 2.00. The Morgan fingerprint density at radius 1 is 1.09 bits per heavy atom. The molecule has 2 aromatic carbocycles. The molecule has 9 heteroatoms. The molecule has 0 radical (unpaired) electrons. The molecule has 0 atom stereocenters. The molecule has 0 aromatic heterocycles. The second-order valence-electron chi connectivity index (χ2n) is 4.03. The highest BCUT2D eigenvalue weighted by atomic mass is 127. The first kappa shape index (κ1) is 18.5. The summed E-state index contributed by atoms with van der Waals surface area (Å²) in [5.41, 5.74) is 5.90. The molecule has 0 aliphatic rings. The Morgan fingerprint density at radius 3 is 2.05 bits per heavy atom. The van der Waals surface area contributed by atoms with E-state index in [-0.39, 0.29) is 0 Å². The van der Waals surface area contributed by atoms with Crippen LogP contribution in [0.15, 0.2) is 53.4 Å². The third-order valence-electron chi connectivity index (χ3n) is 2.49. The van der Waals surface area contributed by atoms with Crippen LogP contribution < -0.4 is 28.3 Å². The van der Waals surface area contributed by atoms with Crippen LogP contribution in [0.4, 0.5) is 5.69 Å². The van der Waals surface area contributed by atoms with E-state index in [0.717, 1.165) is 12.1 Å². The van der Waals surface area contributed by atoms with Crippen molar-refractivity contribution >= 4 is 15.8 Å². The predicted molar refractivity (Wildman–Crippen MR) is 75.5 cm³/mol. The molecule has 2 N–H and O–H groups in total. The molecule has 0 heterocycles. The van der Waals surface area contributed by atoms with Gasteiger partial charge in [-0.1, -0.05) is 24.3 Å². The van der Waals surface area contributed by atoms with E-state index >= 15 is 0 Å². The molecule has 0 saturated heterocycles. The van der Waals surface area contributed by atoms with Gasteiger partial charge in [0, 0.05) is 12.6 Å². The van der Waals surface area contributed by atoms with E-state index < -0.39 is 25.6 Å². The number of hydrogen-bond donors (Lipinski definition) is 1. The molecule has 0 spiro atoms. The van der Waals surface area contributed by atoms with Crippen LogP contribution >= 0.6 is 0 Å². The molecule has 0 amide bonds. The number of hydrogen-bond acceptors (Lipinski definition) is 6. The second kappa shape index (κ2) is 8.17. The molecule has 118 valence electrons. The average molecular weight is 436 g/mol. The quantitative estimate of drug-likeness (QED) is 0.259. The number of rotatable bonds is 3. The predicted octanol–water partition coefficient (Wildman–Crippen LogP) is -1.90. The highest BCUT2D eigenvalue weighted by Crippen LogP contribution is 2.21. The van der Waals surface area contributed by atoms with Crippen LogP contribution in [0.25, 0.3) is 0 Å². The number of nitrogens with two attached hydrogens (primary N) is 1. The van der Waals surface area contributed by atoms with Crippen molar-refractivity contribution in [1.82, 2.24) is 0 Å². The normalized spacial score (nSPS) is 10.5. The lowest BCUT2D eigenvalue weighted by molar-refractivity contribution is -0.387. The third kappa shape index (κ3) is 5.67. The zero-order valence-corrected chi connectivity index (χ0v) is 14.4. The number of para-hydroxylation sites is 1. The van der Waals surface area contributed by atoms with Gasteiger partial charge in [-0.05, 0) is 23.8 Å². The first-order valence-corrected chi connectivity index (χ1v) is 8.48. The van der Waals surface area contributed by atoms with E-state index in [1.807, 2.05) is 22.6 Å². The lowest BCUT2D eigenvalue weighted by Crippen LogP contribution is -3.34. The van der Waals surface area contributed by atoms with Gasteiger partial charge in [0.15, 0.2) is 3.57 Å². The fraction of sp³-hybridized carbons (Fsp3) is 0.0769.